The van der Waals surface area contributed by atoms with Gasteiger partial charge in [-0.15, -0.1) is 0 Å². The monoisotopic (exact) mass is 228 g/mol. The molecule has 0 fully saturated rings. The van der Waals surface area contributed by atoms with E-state index in [0.29, 0.717) is 0 Å². The minimum absolute atomic E-state index is 0.0960. The van der Waals surface area contributed by atoms with Crippen molar-refractivity contribution >= 4 is 24.6 Å². The van der Waals surface area contributed by atoms with E-state index < -0.39 is 14.2 Å². The summed E-state index contributed by atoms with van der Waals surface area (Å²) in [5.74, 6) is 0. The summed E-state index contributed by atoms with van der Waals surface area (Å²) < 4.78 is 28.5. The van der Waals surface area contributed by atoms with E-state index >= 15 is 0 Å². The molecule has 0 aliphatic heterocycles. The van der Waals surface area contributed by atoms with Gasteiger partial charge in [0.1, 0.15) is 0 Å². The van der Waals surface area contributed by atoms with Crippen LogP contribution in [0.1, 0.15) is 5.56 Å². The predicted molar refractivity (Wildman–Crippen MR) is 47.0 cm³/mol. The fourth-order valence-electron chi connectivity index (χ4n) is 0.805. The van der Waals surface area contributed by atoms with E-state index in [1.807, 2.05) is 0 Å². The van der Waals surface area contributed by atoms with E-state index in [9.17, 15) is 3.74 Å². The molecular weight excluding hydrogens is 219 g/mol. The Hall–Kier alpha value is -0.762. The van der Waals surface area contributed by atoms with Crippen LogP contribution in [0.15, 0.2) is 30.8 Å². The van der Waals surface area contributed by atoms with Gasteiger partial charge in [-0.1, -0.05) is 0 Å². The first kappa shape index (κ1) is 9.33. The number of benzene rings is 1. The average molecular weight is 228 g/mol. The molecular formula is C8H9AsO3. The van der Waals surface area contributed by atoms with Gasteiger partial charge < -0.3 is 0 Å². The summed E-state index contributed by atoms with van der Waals surface area (Å²) in [5, 5.41) is 0. The van der Waals surface area contributed by atoms with Crippen LogP contribution in [0.5, 0.6) is 0 Å². The molecule has 0 heterocycles. The van der Waals surface area contributed by atoms with Crippen molar-refractivity contribution in [2.75, 3.05) is 0 Å². The summed E-state index contributed by atoms with van der Waals surface area (Å²) in [7, 11) is 0. The van der Waals surface area contributed by atoms with Crippen molar-refractivity contribution in [3.05, 3.63) is 36.4 Å². The third-order valence-electron chi connectivity index (χ3n) is 1.47. The second kappa shape index (κ2) is 3.31. The first-order valence-electron chi connectivity index (χ1n) is 3.32. The van der Waals surface area contributed by atoms with E-state index in [0.717, 1.165) is 5.56 Å². The van der Waals surface area contributed by atoms with Gasteiger partial charge in [0.15, 0.2) is 0 Å². The summed E-state index contributed by atoms with van der Waals surface area (Å²) in [5.41, 5.74) is 0.850. The van der Waals surface area contributed by atoms with Crippen molar-refractivity contribution in [3.63, 3.8) is 0 Å². The van der Waals surface area contributed by atoms with Crippen LogP contribution in [0.25, 0.3) is 6.08 Å². The zero-order valence-corrected chi connectivity index (χ0v) is 8.22. The fraction of sp³-hybridized carbons (Fsp3) is 0. The van der Waals surface area contributed by atoms with E-state index in [1.165, 1.54) is 12.1 Å². The molecule has 4 heteroatoms. The van der Waals surface area contributed by atoms with Crippen LogP contribution in [-0.2, 0) is 3.74 Å². The summed E-state index contributed by atoms with van der Waals surface area (Å²) in [4.78, 5) is 0. The Balaban J connectivity index is 3.08. The van der Waals surface area contributed by atoms with Crippen molar-refractivity contribution in [1.29, 1.82) is 0 Å². The molecule has 0 saturated carbocycles. The minimum atomic E-state index is -4.67. The van der Waals surface area contributed by atoms with E-state index in [4.69, 9.17) is 8.19 Å². The molecule has 0 aliphatic carbocycles. The van der Waals surface area contributed by atoms with Gasteiger partial charge in [-0.25, -0.2) is 0 Å². The van der Waals surface area contributed by atoms with Crippen LogP contribution in [0.3, 0.4) is 0 Å². The van der Waals surface area contributed by atoms with Gasteiger partial charge in [-0.05, 0) is 0 Å². The molecule has 1 aromatic rings. The van der Waals surface area contributed by atoms with E-state index in [1.54, 1.807) is 18.2 Å². The maximum absolute atomic E-state index is 10.8. The third kappa shape index (κ3) is 2.11. The molecule has 0 radical (unpaired) electrons. The predicted octanol–water partition coefficient (Wildman–Crippen LogP) is -0.109. The normalized spacial score (nSPS) is 11.2. The Morgan fingerprint density at radius 1 is 1.25 bits per heavy atom. The van der Waals surface area contributed by atoms with Gasteiger partial charge in [0.25, 0.3) is 0 Å². The van der Waals surface area contributed by atoms with Crippen LogP contribution in [0.4, 0.5) is 0 Å². The number of hydrogen-bond acceptors (Lipinski definition) is 1. The van der Waals surface area contributed by atoms with Crippen LogP contribution < -0.4 is 4.35 Å². The molecule has 0 saturated heterocycles. The van der Waals surface area contributed by atoms with Crippen LogP contribution in [0, 0.1) is 0 Å². The van der Waals surface area contributed by atoms with Crippen molar-refractivity contribution < 1.29 is 11.9 Å². The van der Waals surface area contributed by atoms with Gasteiger partial charge in [0.05, 0.1) is 0 Å². The van der Waals surface area contributed by atoms with Crippen LogP contribution >= 0.6 is 0 Å². The zero-order valence-electron chi connectivity index (χ0n) is 6.34. The molecule has 0 bridgehead atoms. The summed E-state index contributed by atoms with van der Waals surface area (Å²) in [6, 6.07) is 6.11. The van der Waals surface area contributed by atoms with Crippen LogP contribution in [-0.4, -0.2) is 22.4 Å². The Labute approximate surface area is 73.4 Å². The Kier molecular flexibility index (Phi) is 2.58. The standard InChI is InChI=1S/C8H9AsO3/c1-2-7-3-5-8(6-4-7)9(10,11)12/h2-6H,1H2,(H2,10,11,12). The number of rotatable bonds is 2. The van der Waals surface area contributed by atoms with Gasteiger partial charge in [0, 0.05) is 0 Å². The molecule has 1 rings (SSSR count). The quantitative estimate of drug-likeness (QED) is 0.694. The van der Waals surface area contributed by atoms with Gasteiger partial charge in [-0.2, -0.15) is 0 Å². The number of hydrogen-bond donors (Lipinski definition) is 2. The fourth-order valence-corrected chi connectivity index (χ4v) is 1.93. The van der Waals surface area contributed by atoms with E-state index in [2.05, 4.69) is 6.58 Å². The topological polar surface area (TPSA) is 57.5 Å². The molecule has 0 unspecified atom stereocenters. The molecule has 1 aromatic carbocycles. The molecule has 3 nitrogen and oxygen atoms in total. The average Bonchev–Trinajstić information content (AvgIpc) is 2.03. The van der Waals surface area contributed by atoms with Crippen molar-refractivity contribution in [1.82, 2.24) is 0 Å². The van der Waals surface area contributed by atoms with Crippen molar-refractivity contribution in [3.8, 4) is 0 Å². The molecule has 0 atom stereocenters. The van der Waals surface area contributed by atoms with Crippen molar-refractivity contribution in [2.45, 2.75) is 0 Å². The molecule has 0 aromatic heterocycles. The summed E-state index contributed by atoms with van der Waals surface area (Å²) in [6.45, 7) is 3.53. The van der Waals surface area contributed by atoms with Gasteiger partial charge in [-0.3, -0.25) is 0 Å². The first-order chi connectivity index (χ1) is 5.54. The van der Waals surface area contributed by atoms with Gasteiger partial charge >= 0.3 is 72.9 Å². The van der Waals surface area contributed by atoms with Crippen LogP contribution in [0.2, 0.25) is 0 Å². The second-order valence-corrected chi connectivity index (χ2v) is 5.71. The Morgan fingerprint density at radius 3 is 2.08 bits per heavy atom. The van der Waals surface area contributed by atoms with E-state index in [-0.39, 0.29) is 4.35 Å². The molecule has 0 amide bonds. The molecule has 12 heavy (non-hydrogen) atoms. The molecule has 64 valence electrons. The molecule has 2 N–H and O–H groups in total. The second-order valence-electron chi connectivity index (χ2n) is 2.34. The third-order valence-corrected chi connectivity index (χ3v) is 3.50. The Bertz CT molecular complexity index is 323. The molecule has 0 aliphatic rings. The van der Waals surface area contributed by atoms with Gasteiger partial charge in [0.2, 0.25) is 0 Å². The Morgan fingerprint density at radius 2 is 1.75 bits per heavy atom. The maximum atomic E-state index is 10.8. The van der Waals surface area contributed by atoms with Crippen molar-refractivity contribution in [2.24, 2.45) is 0 Å². The summed E-state index contributed by atoms with van der Waals surface area (Å²) in [6.07, 6.45) is 1.62. The first-order valence-corrected chi connectivity index (χ1v) is 6.71. The summed E-state index contributed by atoms with van der Waals surface area (Å²) >= 11 is -4.67. The SMILES string of the molecule is C=Cc1ccc([As](=O)(O)O)cc1. The zero-order chi connectivity index (χ0) is 9.19. The molecule has 0 spiro atoms.